The third kappa shape index (κ3) is 4.33. The molecule has 1 atom stereocenters. The molecule has 1 fully saturated rings. The van der Waals surface area contributed by atoms with Crippen molar-refractivity contribution in [2.24, 2.45) is 5.92 Å². The Kier molecular flexibility index (Phi) is 4.89. The summed E-state index contributed by atoms with van der Waals surface area (Å²) in [6.45, 7) is 5.30. The number of amides is 2. The van der Waals surface area contributed by atoms with Crippen LogP contribution < -0.4 is 10.6 Å². The summed E-state index contributed by atoms with van der Waals surface area (Å²) in [5, 5.41) is 5.39. The highest BCUT2D eigenvalue weighted by atomic mass is 19.1. The van der Waals surface area contributed by atoms with E-state index in [1.807, 2.05) is 6.08 Å². The second kappa shape index (κ2) is 6.97. The van der Waals surface area contributed by atoms with Crippen molar-refractivity contribution in [2.75, 3.05) is 13.2 Å². The first-order valence-corrected chi connectivity index (χ1v) is 8.58. The topological polar surface area (TPSA) is 76.7 Å². The van der Waals surface area contributed by atoms with Gasteiger partial charge in [-0.15, -0.1) is 0 Å². The minimum atomic E-state index is -0.609. The average Bonchev–Trinajstić information content (AvgIpc) is 3.35. The summed E-state index contributed by atoms with van der Waals surface area (Å²) in [7, 11) is 0. The van der Waals surface area contributed by atoms with Gasteiger partial charge in [-0.05, 0) is 44.9 Å². The van der Waals surface area contributed by atoms with E-state index < -0.39 is 11.7 Å². The molecule has 2 amide bonds. The Morgan fingerprint density at radius 2 is 2.19 bits per heavy atom. The summed E-state index contributed by atoms with van der Waals surface area (Å²) < 4.78 is 23.9. The van der Waals surface area contributed by atoms with Crippen LogP contribution in [0.15, 0.2) is 46.7 Å². The Hall–Kier alpha value is -2.57. The van der Waals surface area contributed by atoms with E-state index in [1.165, 1.54) is 5.57 Å². The monoisotopic (exact) mass is 362 g/mol. The van der Waals surface area contributed by atoms with Crippen LogP contribution in [0.3, 0.4) is 0 Å². The zero-order valence-electron chi connectivity index (χ0n) is 15.1. The maximum atomic E-state index is 13.1. The highest BCUT2D eigenvalue weighted by Gasteiger charge is 2.44. The first-order valence-electron chi connectivity index (χ1n) is 8.58. The number of carbonyl (C=O) groups is 2. The number of hydrogen-bond acceptors (Lipinski definition) is 4. The number of carbonyl (C=O) groups excluding carboxylic acids is 2. The van der Waals surface area contributed by atoms with Gasteiger partial charge in [-0.3, -0.25) is 4.79 Å². The van der Waals surface area contributed by atoms with Gasteiger partial charge in [0.05, 0.1) is 12.2 Å². The number of fused-ring (bicyclic) bond motifs is 2. The van der Waals surface area contributed by atoms with E-state index in [9.17, 15) is 14.0 Å². The maximum absolute atomic E-state index is 13.1. The fraction of sp³-hybridized carbons (Fsp3) is 0.474. The van der Waals surface area contributed by atoms with E-state index in [1.54, 1.807) is 26.8 Å². The second-order valence-corrected chi connectivity index (χ2v) is 7.55. The molecule has 0 aromatic rings. The average molecular weight is 362 g/mol. The molecule has 0 aromatic heterocycles. The molecule has 26 heavy (non-hydrogen) atoms. The van der Waals surface area contributed by atoms with Crippen molar-refractivity contribution in [1.29, 1.82) is 0 Å². The Labute approximate surface area is 151 Å². The van der Waals surface area contributed by atoms with Crippen LogP contribution in [0.1, 0.15) is 33.6 Å². The molecule has 6 nitrogen and oxygen atoms in total. The quantitative estimate of drug-likeness (QED) is 0.788. The molecule has 2 N–H and O–H groups in total. The lowest BCUT2D eigenvalue weighted by Crippen LogP contribution is -2.34. The molecular weight excluding hydrogens is 339 g/mol. The number of rotatable bonds is 5. The van der Waals surface area contributed by atoms with E-state index in [-0.39, 0.29) is 25.0 Å². The van der Waals surface area contributed by atoms with Gasteiger partial charge >= 0.3 is 6.09 Å². The molecule has 1 saturated carbocycles. The van der Waals surface area contributed by atoms with Crippen molar-refractivity contribution in [3.63, 3.8) is 0 Å². The number of allylic oxidation sites excluding steroid dienone is 4. The van der Waals surface area contributed by atoms with Crippen LogP contribution in [0, 0.1) is 5.92 Å². The third-order valence-electron chi connectivity index (χ3n) is 4.21. The van der Waals surface area contributed by atoms with Crippen LogP contribution >= 0.6 is 0 Å². The molecule has 3 aliphatic rings. The SMILES string of the molecule is CC(C)(C)OC(=O)NC/C(=C/F)COC1=CC=C2NC(=O)C3CC3=C2C1. The molecule has 2 aliphatic carbocycles. The molecule has 7 heteroatoms. The molecular formula is C19H23FN2O4. The summed E-state index contributed by atoms with van der Waals surface area (Å²) in [6, 6.07) is 0. The molecule has 1 heterocycles. The normalized spacial score (nSPS) is 21.8. The molecule has 1 unspecified atom stereocenters. The van der Waals surface area contributed by atoms with Gasteiger partial charge in [-0.2, -0.15) is 0 Å². The van der Waals surface area contributed by atoms with E-state index in [0.29, 0.717) is 24.1 Å². The lowest BCUT2D eigenvalue weighted by atomic mass is 9.98. The number of ether oxygens (including phenoxy) is 2. The zero-order valence-corrected chi connectivity index (χ0v) is 15.1. The van der Waals surface area contributed by atoms with Crippen molar-refractivity contribution < 1.29 is 23.5 Å². The van der Waals surface area contributed by atoms with E-state index in [0.717, 1.165) is 17.7 Å². The minimum Gasteiger partial charge on any atom is -0.493 e. The van der Waals surface area contributed by atoms with Crippen molar-refractivity contribution in [3.05, 3.63) is 46.7 Å². The van der Waals surface area contributed by atoms with Crippen LogP contribution in [-0.4, -0.2) is 30.8 Å². The molecule has 140 valence electrons. The summed E-state index contributed by atoms with van der Waals surface area (Å²) in [5.41, 5.74) is 2.79. The van der Waals surface area contributed by atoms with Crippen molar-refractivity contribution in [1.82, 2.24) is 10.6 Å². The Bertz CT molecular complexity index is 756. The molecule has 3 rings (SSSR count). The van der Waals surface area contributed by atoms with Gasteiger partial charge in [0.15, 0.2) is 0 Å². The lowest BCUT2D eigenvalue weighted by Gasteiger charge is -2.23. The number of alkyl carbamates (subject to hydrolysis) is 1. The van der Waals surface area contributed by atoms with Gasteiger partial charge < -0.3 is 20.1 Å². The molecule has 0 saturated heterocycles. The predicted octanol–water partition coefficient (Wildman–Crippen LogP) is 3.00. The maximum Gasteiger partial charge on any atom is 0.407 e. The molecule has 0 bridgehead atoms. The third-order valence-corrected chi connectivity index (χ3v) is 4.21. The molecule has 0 aromatic carbocycles. The van der Waals surface area contributed by atoms with Gasteiger partial charge in [0, 0.05) is 24.2 Å². The highest BCUT2D eigenvalue weighted by Crippen LogP contribution is 2.47. The van der Waals surface area contributed by atoms with E-state index in [4.69, 9.17) is 9.47 Å². The summed E-state index contributed by atoms with van der Waals surface area (Å²) in [6.07, 6.45) is 4.80. The van der Waals surface area contributed by atoms with Gasteiger partial charge in [-0.1, -0.05) is 5.57 Å². The van der Waals surface area contributed by atoms with Crippen LogP contribution in [0.2, 0.25) is 0 Å². The van der Waals surface area contributed by atoms with Crippen LogP contribution in [0.5, 0.6) is 0 Å². The van der Waals surface area contributed by atoms with Crippen molar-refractivity contribution in [2.45, 2.75) is 39.2 Å². The van der Waals surface area contributed by atoms with Gasteiger partial charge in [-0.25, -0.2) is 9.18 Å². The van der Waals surface area contributed by atoms with Crippen LogP contribution in [0.25, 0.3) is 0 Å². The number of halogens is 1. The first-order chi connectivity index (χ1) is 12.3. The van der Waals surface area contributed by atoms with Crippen LogP contribution in [0.4, 0.5) is 9.18 Å². The molecule has 0 spiro atoms. The fourth-order valence-electron chi connectivity index (χ4n) is 2.88. The first kappa shape index (κ1) is 18.2. The minimum absolute atomic E-state index is 0.00581. The van der Waals surface area contributed by atoms with Gasteiger partial charge in [0.2, 0.25) is 5.91 Å². The van der Waals surface area contributed by atoms with Gasteiger partial charge in [0.1, 0.15) is 18.0 Å². The van der Waals surface area contributed by atoms with Crippen molar-refractivity contribution in [3.8, 4) is 0 Å². The lowest BCUT2D eigenvalue weighted by molar-refractivity contribution is -0.121. The standard InChI is InChI=1S/C19H23FN2O4/c1-19(2,3)26-18(24)21-9-11(8-20)10-25-12-4-5-16-14(6-12)13-7-15(13)17(23)22-16/h4-5,8,15H,6-7,9-10H2,1-3H3,(H,21,24)(H,22,23)/b11-8-. The van der Waals surface area contributed by atoms with Crippen molar-refractivity contribution >= 4 is 12.0 Å². The van der Waals surface area contributed by atoms with Gasteiger partial charge in [0.25, 0.3) is 0 Å². The second-order valence-electron chi connectivity index (χ2n) is 7.55. The number of nitrogens with one attached hydrogen (secondary N) is 2. The molecule has 1 aliphatic heterocycles. The molecule has 0 radical (unpaired) electrons. The summed E-state index contributed by atoms with van der Waals surface area (Å²) >= 11 is 0. The van der Waals surface area contributed by atoms with E-state index in [2.05, 4.69) is 10.6 Å². The highest BCUT2D eigenvalue weighted by molar-refractivity contribution is 5.91. The Morgan fingerprint density at radius 3 is 2.88 bits per heavy atom. The predicted molar refractivity (Wildman–Crippen MR) is 93.4 cm³/mol. The fourth-order valence-corrected chi connectivity index (χ4v) is 2.88. The summed E-state index contributed by atoms with van der Waals surface area (Å²) in [4.78, 5) is 23.3. The largest absolute Gasteiger partial charge is 0.493 e. The Balaban J connectivity index is 1.50. The summed E-state index contributed by atoms with van der Waals surface area (Å²) in [5.74, 6) is 0.777. The zero-order chi connectivity index (χ0) is 18.9. The smallest absolute Gasteiger partial charge is 0.407 e. The van der Waals surface area contributed by atoms with E-state index >= 15 is 0 Å². The number of hydrogen-bond donors (Lipinski definition) is 2. The Morgan fingerprint density at radius 1 is 1.42 bits per heavy atom. The van der Waals surface area contributed by atoms with Crippen LogP contribution in [-0.2, 0) is 14.3 Å².